The summed E-state index contributed by atoms with van der Waals surface area (Å²) in [6.07, 6.45) is 1.58. The van der Waals surface area contributed by atoms with E-state index in [0.29, 0.717) is 5.06 Å². The monoisotopic (exact) mass is 355 g/mol. The number of amides is 2. The average Bonchev–Trinajstić information content (AvgIpc) is 2.86. The van der Waals surface area contributed by atoms with E-state index in [4.69, 9.17) is 51.2 Å². The molecule has 0 aromatic rings. The fraction of sp³-hybridized carbons (Fsp3) is 0.500. The van der Waals surface area contributed by atoms with Crippen molar-refractivity contribution >= 4 is 58.2 Å². The smallest absolute Gasteiger partial charge is 0.259 e. The molecule has 4 nitrogen and oxygen atoms in total. The molecule has 3 rings (SSSR count). The van der Waals surface area contributed by atoms with Gasteiger partial charge in [0.1, 0.15) is 0 Å². The largest absolute Gasteiger partial charge is 0.272 e. The van der Waals surface area contributed by atoms with Crippen LogP contribution in [0.25, 0.3) is 0 Å². The number of imide groups is 1. The Kier molecular flexibility index (Phi) is 3.20. The molecule has 108 valence electrons. The van der Waals surface area contributed by atoms with E-state index in [0.717, 1.165) is 0 Å². The van der Waals surface area contributed by atoms with E-state index in [-0.39, 0.29) is 23.1 Å². The van der Waals surface area contributed by atoms with Gasteiger partial charge in [-0.2, -0.15) is 5.06 Å². The summed E-state index contributed by atoms with van der Waals surface area (Å²) in [7, 11) is 0. The van der Waals surface area contributed by atoms with Crippen LogP contribution in [0.3, 0.4) is 0 Å². The number of hydrogen-bond acceptors (Lipinski definition) is 3. The zero-order valence-corrected chi connectivity index (χ0v) is 13.1. The highest BCUT2D eigenvalue weighted by Crippen LogP contribution is 2.69. The highest BCUT2D eigenvalue weighted by Gasteiger charge is 2.76. The molecule has 1 saturated carbocycles. The molecule has 8 heteroatoms. The number of halogens is 4. The van der Waals surface area contributed by atoms with Crippen LogP contribution in [0.4, 0.5) is 0 Å². The van der Waals surface area contributed by atoms with Gasteiger partial charge in [-0.15, -0.1) is 29.8 Å². The van der Waals surface area contributed by atoms with Gasteiger partial charge in [0.15, 0.2) is 0 Å². The van der Waals surface area contributed by atoms with Crippen LogP contribution in [0.5, 0.6) is 0 Å². The minimum Gasteiger partial charge on any atom is -0.272 e. The number of carbonyl (C=O) groups is 2. The molecule has 0 spiro atoms. The van der Waals surface area contributed by atoms with Crippen LogP contribution < -0.4 is 0 Å². The molecule has 0 unspecified atom stereocenters. The highest BCUT2D eigenvalue weighted by atomic mass is 35.5. The first-order valence-electron chi connectivity index (χ1n) is 5.84. The van der Waals surface area contributed by atoms with Crippen LogP contribution in [0.2, 0.25) is 0 Å². The summed E-state index contributed by atoms with van der Waals surface area (Å²) in [6.45, 7) is 3.48. The molecule has 4 atom stereocenters. The molecule has 20 heavy (non-hydrogen) atoms. The van der Waals surface area contributed by atoms with Crippen LogP contribution in [0.1, 0.15) is 6.42 Å². The van der Waals surface area contributed by atoms with E-state index in [1.165, 1.54) is 6.08 Å². The molecule has 1 heterocycles. The number of rotatable bonds is 3. The number of fused-ring (bicyclic) bond motifs is 5. The second-order valence-corrected chi connectivity index (χ2v) is 7.15. The lowest BCUT2D eigenvalue weighted by Gasteiger charge is -2.28. The topological polar surface area (TPSA) is 46.6 Å². The molecule has 3 aliphatic rings. The van der Waals surface area contributed by atoms with E-state index in [1.807, 2.05) is 0 Å². The van der Waals surface area contributed by atoms with Crippen molar-refractivity contribution in [3.05, 3.63) is 22.7 Å². The van der Waals surface area contributed by atoms with Gasteiger partial charge in [0.05, 0.1) is 38.3 Å². The molecule has 1 saturated heterocycles. The lowest BCUT2D eigenvalue weighted by Crippen LogP contribution is -2.38. The third-order valence-electron chi connectivity index (χ3n) is 4.01. The van der Waals surface area contributed by atoms with Crippen molar-refractivity contribution in [2.45, 2.75) is 16.2 Å². The molecule has 2 fully saturated rings. The van der Waals surface area contributed by atoms with Gasteiger partial charge in [0.2, 0.25) is 0 Å². The summed E-state index contributed by atoms with van der Waals surface area (Å²) in [5, 5.41) is 0.983. The van der Waals surface area contributed by atoms with Crippen molar-refractivity contribution in [3.8, 4) is 0 Å². The Bertz CT molecular complexity index is 535. The molecular formula is C12H9Cl4NO3. The van der Waals surface area contributed by atoms with E-state index < -0.39 is 33.4 Å². The van der Waals surface area contributed by atoms with Gasteiger partial charge >= 0.3 is 0 Å². The van der Waals surface area contributed by atoms with E-state index in [1.54, 1.807) is 0 Å². The fourth-order valence-electron chi connectivity index (χ4n) is 3.21. The standard InChI is InChI=1S/C12H9Cl4NO3/c1-2-3-20-17-9(18)5-6(10(17)19)12(16)4-11(5,15)7(13)8(12)14/h2,5-6H,1,3-4H2/t5-,6-,11-,12-/m0/s1. The third-order valence-corrected chi connectivity index (χ3v) is 6.47. The fourth-order valence-corrected chi connectivity index (χ4v) is 5.13. The van der Waals surface area contributed by atoms with Gasteiger partial charge in [0.25, 0.3) is 11.8 Å². The van der Waals surface area contributed by atoms with Gasteiger partial charge < -0.3 is 0 Å². The van der Waals surface area contributed by atoms with Crippen molar-refractivity contribution in [1.29, 1.82) is 0 Å². The minimum absolute atomic E-state index is 0.0242. The maximum absolute atomic E-state index is 12.4. The predicted octanol–water partition coefficient (Wildman–Crippen LogP) is 2.77. The SMILES string of the molecule is C=CCON1C(=O)[C@@H]2[C@@H](C1=O)[C@@]1(Cl)C[C@@]2(Cl)C(Cl)=C1Cl. The molecular weight excluding hydrogens is 348 g/mol. The summed E-state index contributed by atoms with van der Waals surface area (Å²) in [5.74, 6) is -2.79. The van der Waals surface area contributed by atoms with Gasteiger partial charge in [-0.3, -0.25) is 14.4 Å². The Morgan fingerprint density at radius 2 is 1.65 bits per heavy atom. The van der Waals surface area contributed by atoms with Crippen LogP contribution >= 0.6 is 46.4 Å². The quantitative estimate of drug-likeness (QED) is 0.443. The first-order chi connectivity index (χ1) is 9.29. The van der Waals surface area contributed by atoms with Crippen molar-refractivity contribution < 1.29 is 14.4 Å². The average molecular weight is 357 g/mol. The van der Waals surface area contributed by atoms with Crippen LogP contribution in [-0.4, -0.2) is 33.2 Å². The molecule has 0 aromatic carbocycles. The maximum atomic E-state index is 12.4. The molecule has 0 aromatic heterocycles. The van der Waals surface area contributed by atoms with Crippen LogP contribution in [-0.2, 0) is 14.4 Å². The Balaban J connectivity index is 2.05. The van der Waals surface area contributed by atoms with E-state index in [2.05, 4.69) is 6.58 Å². The first kappa shape index (κ1) is 14.7. The van der Waals surface area contributed by atoms with Gasteiger partial charge in [0, 0.05) is 0 Å². The number of alkyl halides is 2. The van der Waals surface area contributed by atoms with Crippen LogP contribution in [0, 0.1) is 11.8 Å². The lowest BCUT2D eigenvalue weighted by molar-refractivity contribution is -0.186. The van der Waals surface area contributed by atoms with Crippen molar-refractivity contribution in [3.63, 3.8) is 0 Å². The summed E-state index contributed by atoms with van der Waals surface area (Å²) >= 11 is 25.1. The normalized spacial score (nSPS) is 42.7. The Morgan fingerprint density at radius 3 is 2.05 bits per heavy atom. The minimum atomic E-state index is -1.23. The molecule has 0 N–H and O–H groups in total. The highest BCUT2D eigenvalue weighted by molar-refractivity contribution is 6.52. The van der Waals surface area contributed by atoms with Crippen molar-refractivity contribution in [2.24, 2.45) is 11.8 Å². The zero-order chi connectivity index (χ0) is 14.9. The lowest BCUT2D eigenvalue weighted by atomic mass is 9.84. The zero-order valence-electron chi connectivity index (χ0n) is 10.0. The molecule has 2 aliphatic carbocycles. The molecule has 2 amide bonds. The maximum Gasteiger partial charge on any atom is 0.259 e. The molecule has 2 bridgehead atoms. The summed E-state index contributed by atoms with van der Waals surface area (Å²) in [5.41, 5.74) is 0. The summed E-state index contributed by atoms with van der Waals surface area (Å²) < 4.78 is 0. The number of carbonyl (C=O) groups excluding carboxylic acids is 2. The van der Waals surface area contributed by atoms with E-state index in [9.17, 15) is 9.59 Å². The second kappa shape index (κ2) is 4.37. The van der Waals surface area contributed by atoms with Crippen molar-refractivity contribution in [2.75, 3.05) is 6.61 Å². The number of hydroxylamine groups is 2. The number of nitrogens with zero attached hydrogens (tertiary/aromatic N) is 1. The Morgan fingerprint density at radius 1 is 1.20 bits per heavy atom. The second-order valence-electron chi connectivity index (χ2n) is 5.04. The van der Waals surface area contributed by atoms with Gasteiger partial charge in [-0.05, 0) is 6.42 Å². The number of hydrogen-bond donors (Lipinski definition) is 0. The number of allylic oxidation sites excluding steroid dienone is 2. The molecule has 1 aliphatic heterocycles. The van der Waals surface area contributed by atoms with E-state index >= 15 is 0 Å². The van der Waals surface area contributed by atoms with Crippen molar-refractivity contribution in [1.82, 2.24) is 5.06 Å². The van der Waals surface area contributed by atoms with Crippen LogP contribution in [0.15, 0.2) is 22.7 Å². The molecule has 0 radical (unpaired) electrons. The summed E-state index contributed by atoms with van der Waals surface area (Å²) in [6, 6.07) is 0. The first-order valence-corrected chi connectivity index (χ1v) is 7.36. The Hall–Kier alpha value is -0.260. The summed E-state index contributed by atoms with van der Waals surface area (Å²) in [4.78, 5) is 27.4. The van der Waals surface area contributed by atoms with Gasteiger partial charge in [-0.1, -0.05) is 29.3 Å². The Labute approximate surface area is 135 Å². The predicted molar refractivity (Wildman–Crippen MR) is 75.5 cm³/mol. The van der Waals surface area contributed by atoms with Gasteiger partial charge in [-0.25, -0.2) is 0 Å². The third kappa shape index (κ3) is 1.49.